The minimum atomic E-state index is -3.63. The van der Waals surface area contributed by atoms with Crippen LogP contribution in [0.15, 0.2) is 21.5 Å². The van der Waals surface area contributed by atoms with Gasteiger partial charge >= 0.3 is 0 Å². The minimum Gasteiger partial charge on any atom is -0.398 e. The Morgan fingerprint density at radius 3 is 2.71 bits per heavy atom. The van der Waals surface area contributed by atoms with Gasteiger partial charge in [0.2, 0.25) is 10.0 Å². The van der Waals surface area contributed by atoms with E-state index in [4.69, 9.17) is 17.3 Å². The van der Waals surface area contributed by atoms with Crippen molar-refractivity contribution < 1.29 is 8.42 Å². The molecule has 1 aliphatic carbocycles. The van der Waals surface area contributed by atoms with Gasteiger partial charge in [-0.2, -0.15) is 0 Å². The van der Waals surface area contributed by atoms with Crippen LogP contribution in [-0.2, 0) is 10.0 Å². The highest BCUT2D eigenvalue weighted by Gasteiger charge is 2.25. The molecular formula is C14H20BrClN2O2S. The molecule has 0 saturated heterocycles. The Bertz CT molecular complexity index is 622. The molecule has 3 N–H and O–H groups in total. The van der Waals surface area contributed by atoms with Gasteiger partial charge < -0.3 is 5.73 Å². The van der Waals surface area contributed by atoms with E-state index in [0.717, 1.165) is 32.1 Å². The monoisotopic (exact) mass is 394 g/mol. The number of rotatable bonds is 3. The second-order valence-electron chi connectivity index (χ2n) is 5.74. The lowest BCUT2D eigenvalue weighted by atomic mass is 10.0. The third kappa shape index (κ3) is 4.34. The number of benzene rings is 1. The van der Waals surface area contributed by atoms with Crippen LogP contribution in [0.25, 0.3) is 0 Å². The van der Waals surface area contributed by atoms with Gasteiger partial charge in [-0.25, -0.2) is 13.1 Å². The maximum Gasteiger partial charge on any atom is 0.242 e. The summed E-state index contributed by atoms with van der Waals surface area (Å²) in [6, 6.07) is 2.92. The van der Waals surface area contributed by atoms with Gasteiger partial charge in [0.25, 0.3) is 0 Å². The number of nitrogens with one attached hydrogen (secondary N) is 1. The Hall–Kier alpha value is -0.300. The molecular weight excluding hydrogens is 376 g/mol. The molecule has 1 aliphatic rings. The summed E-state index contributed by atoms with van der Waals surface area (Å²) in [6.07, 6.45) is 5.00. The van der Waals surface area contributed by atoms with E-state index in [1.807, 2.05) is 0 Å². The first-order valence-electron chi connectivity index (χ1n) is 7.06. The van der Waals surface area contributed by atoms with Gasteiger partial charge in [-0.3, -0.25) is 0 Å². The van der Waals surface area contributed by atoms with Crippen LogP contribution >= 0.6 is 27.5 Å². The van der Waals surface area contributed by atoms with Gasteiger partial charge in [0.05, 0.1) is 9.37 Å². The molecule has 0 spiro atoms. The molecule has 4 nitrogen and oxygen atoms in total. The Morgan fingerprint density at radius 2 is 2.00 bits per heavy atom. The van der Waals surface area contributed by atoms with Crippen molar-refractivity contribution in [1.29, 1.82) is 0 Å². The quantitative estimate of drug-likeness (QED) is 0.601. The Kier molecular flexibility index (Phi) is 5.57. The molecule has 0 radical (unpaired) electrons. The van der Waals surface area contributed by atoms with E-state index in [0.29, 0.717) is 21.1 Å². The number of hydrogen-bond donors (Lipinski definition) is 2. The standard InChI is InChI=1S/C14H20BrClN2O2S/c1-9-3-2-4-11(6-5-9)18-21(19,20)13-8-10(16)7-12(17)14(13)15/h7-9,11,18H,2-6,17H2,1H3. The lowest BCUT2D eigenvalue weighted by Gasteiger charge is -2.18. The first kappa shape index (κ1) is 17.1. The average Bonchev–Trinajstić information content (AvgIpc) is 2.58. The fourth-order valence-corrected chi connectivity index (χ4v) is 5.26. The molecule has 0 aliphatic heterocycles. The topological polar surface area (TPSA) is 72.2 Å². The van der Waals surface area contributed by atoms with E-state index >= 15 is 0 Å². The molecule has 2 atom stereocenters. The second-order valence-corrected chi connectivity index (χ2v) is 8.65. The molecule has 118 valence electrons. The predicted octanol–water partition coefficient (Wildman–Crippen LogP) is 3.93. The van der Waals surface area contributed by atoms with Gasteiger partial charge in [-0.1, -0.05) is 31.4 Å². The molecule has 1 saturated carbocycles. The van der Waals surface area contributed by atoms with Gasteiger partial charge in [0, 0.05) is 16.8 Å². The molecule has 1 aromatic rings. The summed E-state index contributed by atoms with van der Waals surface area (Å²) in [5, 5.41) is 0.311. The van der Waals surface area contributed by atoms with E-state index in [-0.39, 0.29) is 10.9 Å². The van der Waals surface area contributed by atoms with E-state index in [1.54, 1.807) is 0 Å². The first-order valence-corrected chi connectivity index (χ1v) is 9.72. The van der Waals surface area contributed by atoms with Gasteiger partial charge in [0.1, 0.15) is 0 Å². The molecule has 7 heteroatoms. The van der Waals surface area contributed by atoms with Crippen LogP contribution in [-0.4, -0.2) is 14.5 Å². The fourth-order valence-electron chi connectivity index (χ4n) is 2.67. The summed E-state index contributed by atoms with van der Waals surface area (Å²) in [4.78, 5) is 0.102. The van der Waals surface area contributed by atoms with E-state index in [9.17, 15) is 8.42 Å². The smallest absolute Gasteiger partial charge is 0.242 e. The molecule has 21 heavy (non-hydrogen) atoms. The minimum absolute atomic E-state index is 0.0212. The van der Waals surface area contributed by atoms with Crippen molar-refractivity contribution in [3.8, 4) is 0 Å². The van der Waals surface area contributed by atoms with E-state index in [2.05, 4.69) is 27.6 Å². The highest BCUT2D eigenvalue weighted by atomic mass is 79.9. The molecule has 2 unspecified atom stereocenters. The number of halogens is 2. The molecule has 2 rings (SSSR count). The van der Waals surface area contributed by atoms with Crippen LogP contribution in [0.3, 0.4) is 0 Å². The van der Waals surface area contributed by atoms with Crippen LogP contribution in [0.1, 0.15) is 39.0 Å². The summed E-state index contributed by atoms with van der Waals surface area (Å²) < 4.78 is 28.3. The summed E-state index contributed by atoms with van der Waals surface area (Å²) in [6.45, 7) is 2.21. The zero-order valence-corrected chi connectivity index (χ0v) is 15.1. The van der Waals surface area contributed by atoms with Crippen LogP contribution in [0, 0.1) is 5.92 Å². The lowest BCUT2D eigenvalue weighted by molar-refractivity contribution is 0.484. The van der Waals surface area contributed by atoms with E-state index in [1.165, 1.54) is 12.1 Å². The Balaban J connectivity index is 2.22. The van der Waals surface area contributed by atoms with Crippen molar-refractivity contribution >= 4 is 43.2 Å². The largest absolute Gasteiger partial charge is 0.398 e. The second kappa shape index (κ2) is 6.86. The Labute approximate surface area is 139 Å². The van der Waals surface area contributed by atoms with Crippen LogP contribution < -0.4 is 10.5 Å². The number of sulfonamides is 1. The van der Waals surface area contributed by atoms with Crippen molar-refractivity contribution in [2.24, 2.45) is 5.92 Å². The molecule has 1 aromatic carbocycles. The predicted molar refractivity (Wildman–Crippen MR) is 89.9 cm³/mol. The first-order chi connectivity index (χ1) is 9.79. The van der Waals surface area contributed by atoms with Gasteiger partial charge in [0.15, 0.2) is 0 Å². The van der Waals surface area contributed by atoms with Crippen molar-refractivity contribution in [1.82, 2.24) is 4.72 Å². The molecule has 1 fully saturated rings. The summed E-state index contributed by atoms with van der Waals surface area (Å²) >= 11 is 9.16. The van der Waals surface area contributed by atoms with Crippen molar-refractivity contribution in [2.75, 3.05) is 5.73 Å². The van der Waals surface area contributed by atoms with Crippen LogP contribution in [0.2, 0.25) is 5.02 Å². The van der Waals surface area contributed by atoms with Crippen molar-refractivity contribution in [3.63, 3.8) is 0 Å². The number of anilines is 1. The zero-order chi connectivity index (χ0) is 15.6. The molecule has 0 aromatic heterocycles. The number of hydrogen-bond acceptors (Lipinski definition) is 3. The third-order valence-electron chi connectivity index (χ3n) is 3.90. The number of nitrogen functional groups attached to an aromatic ring is 1. The lowest BCUT2D eigenvalue weighted by Crippen LogP contribution is -2.34. The molecule has 0 heterocycles. The van der Waals surface area contributed by atoms with Crippen molar-refractivity contribution in [2.45, 2.75) is 50.0 Å². The maximum atomic E-state index is 12.6. The third-order valence-corrected chi connectivity index (χ3v) is 6.81. The zero-order valence-electron chi connectivity index (χ0n) is 11.9. The highest BCUT2D eigenvalue weighted by molar-refractivity contribution is 9.10. The summed E-state index contributed by atoms with van der Waals surface area (Å²) in [7, 11) is -3.63. The normalized spacial score (nSPS) is 23.8. The molecule has 0 amide bonds. The van der Waals surface area contributed by atoms with Crippen LogP contribution in [0.4, 0.5) is 5.69 Å². The van der Waals surface area contributed by atoms with Gasteiger partial charge in [-0.15, -0.1) is 0 Å². The average molecular weight is 396 g/mol. The maximum absolute atomic E-state index is 12.6. The number of nitrogens with two attached hydrogens (primary N) is 1. The van der Waals surface area contributed by atoms with E-state index < -0.39 is 10.0 Å². The highest BCUT2D eigenvalue weighted by Crippen LogP contribution is 2.32. The van der Waals surface area contributed by atoms with Crippen molar-refractivity contribution in [3.05, 3.63) is 21.6 Å². The summed E-state index contributed by atoms with van der Waals surface area (Å²) in [5.74, 6) is 0.660. The fraction of sp³-hybridized carbons (Fsp3) is 0.571. The molecule has 0 bridgehead atoms. The summed E-state index contributed by atoms with van der Waals surface area (Å²) in [5.41, 5.74) is 6.09. The van der Waals surface area contributed by atoms with Gasteiger partial charge in [-0.05, 0) is 53.2 Å². The Morgan fingerprint density at radius 1 is 1.29 bits per heavy atom. The van der Waals surface area contributed by atoms with Crippen LogP contribution in [0.5, 0.6) is 0 Å². The SMILES string of the molecule is CC1CCCC(NS(=O)(=O)c2cc(Cl)cc(N)c2Br)CC1.